The summed E-state index contributed by atoms with van der Waals surface area (Å²) < 4.78 is 0. The first kappa shape index (κ1) is 14.0. The number of benzene rings is 2. The van der Waals surface area contributed by atoms with Crippen LogP contribution in [0, 0.1) is 11.3 Å². The average Bonchev–Trinajstić information content (AvgIpc) is 2.99. The lowest BCUT2D eigenvalue weighted by molar-refractivity contribution is 0.849. The van der Waals surface area contributed by atoms with Crippen molar-refractivity contribution in [3.05, 3.63) is 64.7 Å². The van der Waals surface area contributed by atoms with Crippen molar-refractivity contribution in [3.63, 3.8) is 0 Å². The van der Waals surface area contributed by atoms with E-state index in [9.17, 15) is 0 Å². The van der Waals surface area contributed by atoms with Crippen molar-refractivity contribution in [1.29, 1.82) is 5.26 Å². The summed E-state index contributed by atoms with van der Waals surface area (Å²) in [5, 5.41) is 13.6. The zero-order valence-corrected chi connectivity index (χ0v) is 12.7. The maximum atomic E-state index is 8.95. The first-order valence-electron chi connectivity index (χ1n) is 6.48. The fraction of sp³-hybridized carbons (Fsp3) is 0.125. The fourth-order valence-corrected chi connectivity index (χ4v) is 3.23. The summed E-state index contributed by atoms with van der Waals surface area (Å²) in [5.74, 6) is 0.905. The first-order chi connectivity index (χ1) is 10.3. The highest BCUT2D eigenvalue weighted by atomic mass is 35.5. The second-order valence-electron chi connectivity index (χ2n) is 4.60. The lowest BCUT2D eigenvalue weighted by Crippen LogP contribution is -2.05. The number of anilines is 1. The summed E-state index contributed by atoms with van der Waals surface area (Å²) >= 11 is 7.81. The molecule has 104 valence electrons. The maximum absolute atomic E-state index is 8.95. The molecular weight excluding hydrogens is 302 g/mol. The minimum atomic E-state index is 0.164. The van der Waals surface area contributed by atoms with Gasteiger partial charge in [-0.15, -0.1) is 0 Å². The van der Waals surface area contributed by atoms with Gasteiger partial charge in [0.15, 0.2) is 5.17 Å². The van der Waals surface area contributed by atoms with Crippen molar-refractivity contribution < 1.29 is 0 Å². The van der Waals surface area contributed by atoms with E-state index in [1.807, 2.05) is 18.2 Å². The number of rotatable bonds is 2. The van der Waals surface area contributed by atoms with Crippen molar-refractivity contribution in [1.82, 2.24) is 0 Å². The second kappa shape index (κ2) is 6.21. The van der Waals surface area contributed by atoms with Gasteiger partial charge in [-0.1, -0.05) is 53.7 Å². The van der Waals surface area contributed by atoms with Gasteiger partial charge in [0, 0.05) is 5.75 Å². The Morgan fingerprint density at radius 1 is 1.24 bits per heavy atom. The van der Waals surface area contributed by atoms with Crippen molar-refractivity contribution in [3.8, 4) is 6.07 Å². The van der Waals surface area contributed by atoms with Gasteiger partial charge in [-0.3, -0.25) is 4.99 Å². The van der Waals surface area contributed by atoms with Gasteiger partial charge >= 0.3 is 0 Å². The van der Waals surface area contributed by atoms with Crippen molar-refractivity contribution >= 4 is 34.2 Å². The number of thioether (sulfide) groups is 1. The zero-order chi connectivity index (χ0) is 14.7. The Labute approximate surface area is 132 Å². The van der Waals surface area contributed by atoms with Crippen LogP contribution in [0.5, 0.6) is 0 Å². The molecule has 2 aromatic rings. The standard InChI is InChI=1S/C16H12ClN3S/c17-13-7-6-11(9-18)8-14(13)19-16-20-15(10-21-16)12-4-2-1-3-5-12/h1-8,15H,10H2,(H,19,20). The molecular formula is C16H12ClN3S. The van der Waals surface area contributed by atoms with Crippen LogP contribution in [-0.2, 0) is 0 Å². The van der Waals surface area contributed by atoms with Gasteiger partial charge in [0.1, 0.15) is 0 Å². The molecule has 0 bridgehead atoms. The Balaban J connectivity index is 1.79. The molecule has 0 aromatic heterocycles. The van der Waals surface area contributed by atoms with E-state index in [1.165, 1.54) is 5.56 Å². The topological polar surface area (TPSA) is 48.2 Å². The highest BCUT2D eigenvalue weighted by molar-refractivity contribution is 8.14. The molecule has 0 saturated heterocycles. The molecule has 3 rings (SSSR count). The number of nitriles is 1. The first-order valence-corrected chi connectivity index (χ1v) is 7.85. The van der Waals surface area contributed by atoms with Gasteiger partial charge in [0.2, 0.25) is 0 Å². The Morgan fingerprint density at radius 3 is 2.81 bits per heavy atom. The van der Waals surface area contributed by atoms with Crippen LogP contribution in [0.3, 0.4) is 0 Å². The minimum Gasteiger partial charge on any atom is -0.334 e. The van der Waals surface area contributed by atoms with E-state index in [0.717, 1.165) is 16.6 Å². The van der Waals surface area contributed by atoms with Gasteiger partial charge in [-0.25, -0.2) is 0 Å². The third kappa shape index (κ3) is 3.21. The molecule has 1 aliphatic rings. The van der Waals surface area contributed by atoms with E-state index >= 15 is 0 Å². The summed E-state index contributed by atoms with van der Waals surface area (Å²) in [4.78, 5) is 4.68. The smallest absolute Gasteiger partial charge is 0.161 e. The molecule has 0 fully saturated rings. The van der Waals surface area contributed by atoms with E-state index in [2.05, 4.69) is 28.5 Å². The third-order valence-electron chi connectivity index (χ3n) is 3.17. The normalized spacial score (nSPS) is 17.1. The van der Waals surface area contributed by atoms with Crippen LogP contribution < -0.4 is 5.32 Å². The minimum absolute atomic E-state index is 0.164. The van der Waals surface area contributed by atoms with Gasteiger partial charge in [0.25, 0.3) is 0 Å². The Hall–Kier alpha value is -1.96. The van der Waals surface area contributed by atoms with Crippen LogP contribution in [0.25, 0.3) is 0 Å². The molecule has 21 heavy (non-hydrogen) atoms. The highest BCUT2D eigenvalue weighted by Crippen LogP contribution is 2.32. The Kier molecular flexibility index (Phi) is 4.14. The van der Waals surface area contributed by atoms with Crippen molar-refractivity contribution in [2.75, 3.05) is 11.1 Å². The van der Waals surface area contributed by atoms with Crippen LogP contribution in [0.1, 0.15) is 17.2 Å². The monoisotopic (exact) mass is 313 g/mol. The lowest BCUT2D eigenvalue weighted by Gasteiger charge is -2.07. The molecule has 0 spiro atoms. The van der Waals surface area contributed by atoms with Crippen LogP contribution >= 0.6 is 23.4 Å². The van der Waals surface area contributed by atoms with Crippen molar-refractivity contribution in [2.45, 2.75) is 6.04 Å². The highest BCUT2D eigenvalue weighted by Gasteiger charge is 2.20. The zero-order valence-electron chi connectivity index (χ0n) is 11.1. The van der Waals surface area contributed by atoms with Crippen molar-refractivity contribution in [2.24, 2.45) is 4.99 Å². The summed E-state index contributed by atoms with van der Waals surface area (Å²) in [5.41, 5.74) is 2.50. The molecule has 1 N–H and O–H groups in total. The van der Waals surface area contributed by atoms with Gasteiger partial charge in [-0.2, -0.15) is 5.26 Å². The number of nitrogens with zero attached hydrogens (tertiary/aromatic N) is 2. The SMILES string of the molecule is N#Cc1ccc(Cl)c(NC2=NC(c3ccccc3)CS2)c1. The van der Waals surface area contributed by atoms with E-state index in [4.69, 9.17) is 16.9 Å². The maximum Gasteiger partial charge on any atom is 0.161 e. The van der Waals surface area contributed by atoms with Gasteiger partial charge in [0.05, 0.1) is 28.4 Å². The lowest BCUT2D eigenvalue weighted by atomic mass is 10.1. The number of halogens is 1. The summed E-state index contributed by atoms with van der Waals surface area (Å²) in [7, 11) is 0. The Morgan fingerprint density at radius 2 is 2.05 bits per heavy atom. The number of hydrogen-bond donors (Lipinski definition) is 1. The molecule has 1 unspecified atom stereocenters. The summed E-state index contributed by atoms with van der Waals surface area (Å²) in [6, 6.07) is 17.6. The summed E-state index contributed by atoms with van der Waals surface area (Å²) in [6.07, 6.45) is 0. The molecule has 0 radical (unpaired) electrons. The Bertz CT molecular complexity index is 722. The van der Waals surface area contributed by atoms with Crippen LogP contribution in [-0.4, -0.2) is 10.9 Å². The molecule has 2 aromatic carbocycles. The molecule has 0 amide bonds. The quantitative estimate of drug-likeness (QED) is 0.890. The third-order valence-corrected chi connectivity index (χ3v) is 4.47. The van der Waals surface area contributed by atoms with E-state index < -0.39 is 0 Å². The fourth-order valence-electron chi connectivity index (χ4n) is 2.09. The van der Waals surface area contributed by atoms with Crippen LogP contribution in [0.2, 0.25) is 5.02 Å². The number of amidine groups is 1. The number of nitrogens with one attached hydrogen (secondary N) is 1. The van der Waals surface area contributed by atoms with E-state index in [0.29, 0.717) is 10.6 Å². The molecule has 1 heterocycles. The van der Waals surface area contributed by atoms with Crippen LogP contribution in [0.15, 0.2) is 53.5 Å². The molecule has 0 saturated carbocycles. The predicted octanol–water partition coefficient (Wildman–Crippen LogP) is 4.47. The predicted molar refractivity (Wildman–Crippen MR) is 88.9 cm³/mol. The average molecular weight is 314 g/mol. The number of aliphatic imine (C=N–C) groups is 1. The van der Waals surface area contributed by atoms with Crippen LogP contribution in [0.4, 0.5) is 5.69 Å². The van der Waals surface area contributed by atoms with E-state index in [1.54, 1.807) is 30.0 Å². The van der Waals surface area contributed by atoms with Gasteiger partial charge < -0.3 is 5.32 Å². The number of hydrogen-bond acceptors (Lipinski definition) is 4. The molecule has 0 aliphatic carbocycles. The van der Waals surface area contributed by atoms with Gasteiger partial charge in [-0.05, 0) is 23.8 Å². The molecule has 1 atom stereocenters. The molecule has 3 nitrogen and oxygen atoms in total. The molecule has 5 heteroatoms. The molecule has 1 aliphatic heterocycles. The summed E-state index contributed by atoms with van der Waals surface area (Å²) in [6.45, 7) is 0. The second-order valence-corrected chi connectivity index (χ2v) is 6.02. The largest absolute Gasteiger partial charge is 0.334 e. The van der Waals surface area contributed by atoms with E-state index in [-0.39, 0.29) is 6.04 Å².